The summed E-state index contributed by atoms with van der Waals surface area (Å²) in [5.41, 5.74) is 2.17. The number of fused-ring (bicyclic) bond motifs is 1. The van der Waals surface area contributed by atoms with Crippen LogP contribution in [0, 0.1) is 0 Å². The van der Waals surface area contributed by atoms with Crippen molar-refractivity contribution >= 4 is 27.5 Å². The fraction of sp³-hybridized carbons (Fsp3) is 0.333. The molecule has 5 nitrogen and oxygen atoms in total. The van der Waals surface area contributed by atoms with Crippen LogP contribution in [0.1, 0.15) is 23.9 Å². The number of rotatable bonds is 8. The van der Waals surface area contributed by atoms with Crippen LogP contribution in [0.3, 0.4) is 0 Å². The molecule has 0 saturated carbocycles. The number of guanidine groups is 1. The smallest absolute Gasteiger partial charge is 0.191 e. The van der Waals surface area contributed by atoms with E-state index >= 15 is 0 Å². The molecule has 2 N–H and O–H groups in total. The van der Waals surface area contributed by atoms with E-state index in [1.54, 1.807) is 18.4 Å². The Labute approximate surface area is 164 Å². The zero-order valence-electron chi connectivity index (χ0n) is 15.9. The summed E-state index contributed by atoms with van der Waals surface area (Å²) in [4.78, 5) is 9.36. The Kier molecular flexibility index (Phi) is 7.04. The number of hydrogen-bond acceptors (Lipinski definition) is 4. The normalized spacial score (nSPS) is 11.6. The predicted molar refractivity (Wildman–Crippen MR) is 114 cm³/mol. The average molecular weight is 383 g/mol. The van der Waals surface area contributed by atoms with Gasteiger partial charge in [0.25, 0.3) is 0 Å². The first kappa shape index (κ1) is 19.2. The fourth-order valence-corrected chi connectivity index (χ4v) is 3.82. The van der Waals surface area contributed by atoms with Crippen molar-refractivity contribution in [1.82, 2.24) is 15.6 Å². The summed E-state index contributed by atoms with van der Waals surface area (Å²) >= 11 is 1.78. The Morgan fingerprint density at radius 1 is 1.11 bits per heavy atom. The topological polar surface area (TPSA) is 58.5 Å². The van der Waals surface area contributed by atoms with Crippen LogP contribution in [0.4, 0.5) is 0 Å². The van der Waals surface area contributed by atoms with E-state index in [2.05, 4.69) is 40.7 Å². The minimum atomic E-state index is 0.581. The van der Waals surface area contributed by atoms with E-state index in [4.69, 9.17) is 9.72 Å². The second kappa shape index (κ2) is 9.92. The molecule has 0 atom stereocenters. The largest absolute Gasteiger partial charge is 0.496 e. The molecule has 2 aromatic carbocycles. The number of aryl methyl sites for hydroxylation is 1. The van der Waals surface area contributed by atoms with Gasteiger partial charge >= 0.3 is 0 Å². The van der Waals surface area contributed by atoms with Gasteiger partial charge in [-0.05, 0) is 31.5 Å². The zero-order valence-corrected chi connectivity index (χ0v) is 16.7. The van der Waals surface area contributed by atoms with E-state index < -0.39 is 0 Å². The Hall–Kier alpha value is -2.60. The lowest BCUT2D eigenvalue weighted by molar-refractivity contribution is 0.410. The van der Waals surface area contributed by atoms with Gasteiger partial charge in [-0.25, -0.2) is 9.98 Å². The highest BCUT2D eigenvalue weighted by molar-refractivity contribution is 7.18. The molecule has 0 unspecified atom stereocenters. The molecule has 0 spiro atoms. The van der Waals surface area contributed by atoms with E-state index in [1.165, 1.54) is 9.71 Å². The van der Waals surface area contributed by atoms with E-state index in [-0.39, 0.29) is 0 Å². The Morgan fingerprint density at radius 3 is 2.74 bits per heavy atom. The minimum Gasteiger partial charge on any atom is -0.496 e. The van der Waals surface area contributed by atoms with Crippen molar-refractivity contribution in [3.05, 3.63) is 59.1 Å². The van der Waals surface area contributed by atoms with Crippen LogP contribution in [0.15, 0.2) is 53.5 Å². The van der Waals surface area contributed by atoms with E-state index in [0.717, 1.165) is 48.7 Å². The second-order valence-corrected chi connectivity index (χ2v) is 7.23. The molecule has 3 aromatic rings. The van der Waals surface area contributed by atoms with Crippen molar-refractivity contribution in [1.29, 1.82) is 0 Å². The van der Waals surface area contributed by atoms with Crippen LogP contribution in [0.5, 0.6) is 5.75 Å². The maximum Gasteiger partial charge on any atom is 0.191 e. The molecule has 0 fully saturated rings. The van der Waals surface area contributed by atoms with Crippen molar-refractivity contribution in [3.63, 3.8) is 0 Å². The summed E-state index contributed by atoms with van der Waals surface area (Å²) in [6, 6.07) is 16.3. The van der Waals surface area contributed by atoms with E-state index in [0.29, 0.717) is 6.54 Å². The number of ether oxygens (including phenoxy) is 1. The van der Waals surface area contributed by atoms with Crippen molar-refractivity contribution in [2.24, 2.45) is 4.99 Å². The van der Waals surface area contributed by atoms with Gasteiger partial charge in [-0.1, -0.05) is 30.3 Å². The molecule has 1 heterocycles. The first-order valence-corrected chi connectivity index (χ1v) is 10.1. The van der Waals surface area contributed by atoms with Crippen LogP contribution < -0.4 is 15.4 Å². The standard InChI is InChI=1S/C21H26N4OS/c1-3-22-21(24-15-16-9-4-6-11-18(16)26-2)23-14-8-13-20-25-17-10-5-7-12-19(17)27-20/h4-7,9-12H,3,8,13-15H2,1-2H3,(H2,22,23,24). The van der Waals surface area contributed by atoms with Gasteiger partial charge in [-0.3, -0.25) is 0 Å². The summed E-state index contributed by atoms with van der Waals surface area (Å²) in [6.07, 6.45) is 1.98. The fourth-order valence-electron chi connectivity index (χ4n) is 2.81. The van der Waals surface area contributed by atoms with Crippen LogP contribution in [0.2, 0.25) is 0 Å². The van der Waals surface area contributed by atoms with Gasteiger partial charge in [0.1, 0.15) is 5.75 Å². The maximum atomic E-state index is 5.39. The lowest BCUT2D eigenvalue weighted by Gasteiger charge is -2.12. The SMILES string of the molecule is CCNC(=NCc1ccccc1OC)NCCCc1nc2ccccc2s1. The number of thiazole rings is 1. The Balaban J connectivity index is 1.51. The van der Waals surface area contributed by atoms with Gasteiger partial charge in [-0.15, -0.1) is 11.3 Å². The molecule has 6 heteroatoms. The van der Waals surface area contributed by atoms with Crippen LogP contribution >= 0.6 is 11.3 Å². The third-order valence-corrected chi connectivity index (χ3v) is 5.24. The van der Waals surface area contributed by atoms with E-state index in [1.807, 2.05) is 30.3 Å². The molecular formula is C21H26N4OS. The van der Waals surface area contributed by atoms with Crippen LogP contribution in [0.25, 0.3) is 10.2 Å². The van der Waals surface area contributed by atoms with Gasteiger partial charge in [0.15, 0.2) is 5.96 Å². The number of nitrogens with zero attached hydrogens (tertiary/aromatic N) is 2. The number of hydrogen-bond donors (Lipinski definition) is 2. The highest BCUT2D eigenvalue weighted by atomic mass is 32.1. The third-order valence-electron chi connectivity index (χ3n) is 4.14. The monoisotopic (exact) mass is 382 g/mol. The minimum absolute atomic E-state index is 0.581. The predicted octanol–water partition coefficient (Wildman–Crippen LogP) is 3.99. The first-order valence-electron chi connectivity index (χ1n) is 9.28. The summed E-state index contributed by atoms with van der Waals surface area (Å²) in [5, 5.41) is 7.89. The lowest BCUT2D eigenvalue weighted by Crippen LogP contribution is -2.37. The third kappa shape index (κ3) is 5.44. The number of nitrogens with one attached hydrogen (secondary N) is 2. The first-order chi connectivity index (χ1) is 13.3. The Bertz CT molecular complexity index is 858. The van der Waals surface area contributed by atoms with Crippen molar-refractivity contribution < 1.29 is 4.74 Å². The molecule has 0 saturated heterocycles. The Morgan fingerprint density at radius 2 is 1.93 bits per heavy atom. The summed E-state index contributed by atoms with van der Waals surface area (Å²) in [7, 11) is 1.69. The molecule has 0 aliphatic rings. The average Bonchev–Trinajstić information content (AvgIpc) is 3.12. The molecule has 142 valence electrons. The molecule has 1 aromatic heterocycles. The van der Waals surface area contributed by atoms with Gasteiger partial charge < -0.3 is 15.4 Å². The molecule has 0 bridgehead atoms. The number of para-hydroxylation sites is 2. The molecule has 0 radical (unpaired) electrons. The quantitative estimate of drug-likeness (QED) is 0.351. The number of aromatic nitrogens is 1. The van der Waals surface area contributed by atoms with Crippen LogP contribution in [-0.4, -0.2) is 31.1 Å². The molecule has 0 aliphatic carbocycles. The summed E-state index contributed by atoms with van der Waals surface area (Å²) < 4.78 is 6.65. The number of methoxy groups -OCH3 is 1. The molecule has 0 amide bonds. The molecule has 3 rings (SSSR count). The molecular weight excluding hydrogens is 356 g/mol. The maximum absolute atomic E-state index is 5.39. The van der Waals surface area contributed by atoms with E-state index in [9.17, 15) is 0 Å². The number of aliphatic imine (C=N–C) groups is 1. The van der Waals surface area contributed by atoms with Crippen LogP contribution in [-0.2, 0) is 13.0 Å². The summed E-state index contributed by atoms with van der Waals surface area (Å²) in [5.74, 6) is 1.70. The lowest BCUT2D eigenvalue weighted by atomic mass is 10.2. The van der Waals surface area contributed by atoms with Crippen molar-refractivity contribution in [2.75, 3.05) is 20.2 Å². The van der Waals surface area contributed by atoms with Gasteiger partial charge in [0.05, 0.1) is 28.9 Å². The second-order valence-electron chi connectivity index (χ2n) is 6.11. The van der Waals surface area contributed by atoms with Gasteiger partial charge in [-0.2, -0.15) is 0 Å². The number of benzene rings is 2. The zero-order chi connectivity index (χ0) is 18.9. The van der Waals surface area contributed by atoms with Crippen molar-refractivity contribution in [2.45, 2.75) is 26.3 Å². The van der Waals surface area contributed by atoms with Gasteiger partial charge in [0.2, 0.25) is 0 Å². The summed E-state index contributed by atoms with van der Waals surface area (Å²) in [6.45, 7) is 4.34. The highest BCUT2D eigenvalue weighted by Crippen LogP contribution is 2.22. The van der Waals surface area contributed by atoms with Gasteiger partial charge in [0, 0.05) is 25.1 Å². The molecule has 27 heavy (non-hydrogen) atoms. The highest BCUT2D eigenvalue weighted by Gasteiger charge is 2.04. The van der Waals surface area contributed by atoms with Crippen molar-refractivity contribution in [3.8, 4) is 5.75 Å². The molecule has 0 aliphatic heterocycles.